The van der Waals surface area contributed by atoms with Crippen molar-refractivity contribution < 1.29 is 9.84 Å². The average Bonchev–Trinajstić information content (AvgIpc) is 2.90. The van der Waals surface area contributed by atoms with E-state index in [1.807, 2.05) is 13.0 Å². The van der Waals surface area contributed by atoms with E-state index >= 15 is 0 Å². The summed E-state index contributed by atoms with van der Waals surface area (Å²) < 4.78 is 5.62. The first-order valence-corrected chi connectivity index (χ1v) is 10.6. The van der Waals surface area contributed by atoms with Crippen LogP contribution in [-0.2, 0) is 13.2 Å². The molecule has 1 aromatic carbocycles. The van der Waals surface area contributed by atoms with Crippen LogP contribution in [0.4, 0.5) is 0 Å². The zero-order valence-corrected chi connectivity index (χ0v) is 16.2. The van der Waals surface area contributed by atoms with Crippen molar-refractivity contribution >= 4 is 0 Å². The van der Waals surface area contributed by atoms with Gasteiger partial charge < -0.3 is 9.84 Å². The topological polar surface area (TPSA) is 35.9 Å². The first-order chi connectivity index (χ1) is 12.7. The summed E-state index contributed by atoms with van der Waals surface area (Å²) in [5.41, 5.74) is 2.21. The summed E-state index contributed by atoms with van der Waals surface area (Å²) in [4.78, 5) is 5.47. The fraction of sp³-hybridized carbons (Fsp3) is 0.727. The van der Waals surface area contributed by atoms with Crippen LogP contribution in [0.15, 0.2) is 18.2 Å². The van der Waals surface area contributed by atoms with E-state index in [-0.39, 0.29) is 6.61 Å². The molecule has 1 N–H and O–H groups in total. The van der Waals surface area contributed by atoms with Gasteiger partial charge >= 0.3 is 0 Å². The Bertz CT molecular complexity index is 602. The van der Waals surface area contributed by atoms with Crippen molar-refractivity contribution in [3.8, 4) is 5.75 Å². The molecule has 5 rings (SSSR count). The minimum atomic E-state index is 0.0452. The first kappa shape index (κ1) is 18.3. The molecule has 1 saturated carbocycles. The summed E-state index contributed by atoms with van der Waals surface area (Å²) in [5, 5.41) is 9.66. The van der Waals surface area contributed by atoms with Crippen molar-refractivity contribution in [3.63, 3.8) is 0 Å². The Labute approximate surface area is 158 Å². The lowest BCUT2D eigenvalue weighted by atomic mass is 9.83. The van der Waals surface area contributed by atoms with Gasteiger partial charge in [0.1, 0.15) is 5.75 Å². The normalized spacial score (nSPS) is 27.3. The van der Waals surface area contributed by atoms with Gasteiger partial charge in [0.25, 0.3) is 0 Å². The molecule has 2 bridgehead atoms. The van der Waals surface area contributed by atoms with Crippen LogP contribution >= 0.6 is 0 Å². The number of ether oxygens (including phenoxy) is 1. The molecule has 3 aliphatic heterocycles. The number of piperidine rings is 1. The third kappa shape index (κ3) is 4.08. The van der Waals surface area contributed by atoms with Crippen molar-refractivity contribution in [2.45, 2.75) is 58.2 Å². The first-order valence-electron chi connectivity index (χ1n) is 10.6. The molecular weight excluding hydrogens is 324 g/mol. The lowest BCUT2D eigenvalue weighted by Crippen LogP contribution is -2.46. The summed E-state index contributed by atoms with van der Waals surface area (Å²) in [7, 11) is 0. The lowest BCUT2D eigenvalue weighted by Gasteiger charge is -2.40. The second-order valence-corrected chi connectivity index (χ2v) is 8.58. The number of hydrogen-bond acceptors (Lipinski definition) is 4. The SMILES string of the molecule is CCOc1ccc(CN2C[C@@H]3CC[C@H](C2)N(CC2CCC2)C3)cc1CO. The largest absolute Gasteiger partial charge is 0.494 e. The number of benzene rings is 1. The van der Waals surface area contributed by atoms with E-state index < -0.39 is 0 Å². The van der Waals surface area contributed by atoms with Crippen LogP contribution in [0.2, 0.25) is 0 Å². The zero-order valence-electron chi connectivity index (χ0n) is 16.2. The van der Waals surface area contributed by atoms with E-state index in [0.717, 1.165) is 35.7 Å². The van der Waals surface area contributed by atoms with Crippen LogP contribution in [0.1, 0.15) is 50.2 Å². The van der Waals surface area contributed by atoms with E-state index in [1.165, 1.54) is 63.8 Å². The van der Waals surface area contributed by atoms with Crippen molar-refractivity contribution in [2.75, 3.05) is 32.8 Å². The molecule has 0 spiro atoms. The zero-order chi connectivity index (χ0) is 17.9. The predicted octanol–water partition coefficient (Wildman–Crippen LogP) is 3.27. The van der Waals surface area contributed by atoms with Gasteiger partial charge in [-0.05, 0) is 62.1 Å². The molecule has 3 heterocycles. The molecule has 4 fully saturated rings. The Hall–Kier alpha value is -1.10. The summed E-state index contributed by atoms with van der Waals surface area (Å²) in [6.45, 7) is 8.73. The van der Waals surface area contributed by atoms with E-state index in [2.05, 4.69) is 21.9 Å². The van der Waals surface area contributed by atoms with Gasteiger partial charge in [-0.1, -0.05) is 12.5 Å². The van der Waals surface area contributed by atoms with Gasteiger partial charge in [0.15, 0.2) is 0 Å². The highest BCUT2D eigenvalue weighted by Gasteiger charge is 2.36. The Morgan fingerprint density at radius 3 is 2.73 bits per heavy atom. The predicted molar refractivity (Wildman–Crippen MR) is 104 cm³/mol. The minimum Gasteiger partial charge on any atom is -0.494 e. The van der Waals surface area contributed by atoms with Crippen LogP contribution in [0.3, 0.4) is 0 Å². The van der Waals surface area contributed by atoms with Crippen LogP contribution in [-0.4, -0.2) is 53.7 Å². The molecular formula is C22H34N2O2. The molecule has 4 aliphatic rings. The minimum absolute atomic E-state index is 0.0452. The summed E-state index contributed by atoms with van der Waals surface area (Å²) in [6.07, 6.45) is 7.12. The van der Waals surface area contributed by atoms with Gasteiger partial charge in [0, 0.05) is 44.3 Å². The number of aliphatic hydroxyl groups is 1. The van der Waals surface area contributed by atoms with Crippen LogP contribution < -0.4 is 4.74 Å². The highest BCUT2D eigenvalue weighted by atomic mass is 16.5. The molecule has 1 aliphatic carbocycles. The second kappa shape index (κ2) is 8.28. The van der Waals surface area contributed by atoms with Crippen LogP contribution in [0.5, 0.6) is 5.75 Å². The van der Waals surface area contributed by atoms with Gasteiger partial charge in [0.05, 0.1) is 13.2 Å². The second-order valence-electron chi connectivity index (χ2n) is 8.58. The highest BCUT2D eigenvalue weighted by molar-refractivity contribution is 5.37. The molecule has 0 radical (unpaired) electrons. The number of rotatable bonds is 7. The average molecular weight is 359 g/mol. The Kier molecular flexibility index (Phi) is 5.82. The highest BCUT2D eigenvalue weighted by Crippen LogP contribution is 2.33. The fourth-order valence-electron chi connectivity index (χ4n) is 5.05. The van der Waals surface area contributed by atoms with E-state index in [4.69, 9.17) is 4.74 Å². The molecule has 1 aromatic rings. The molecule has 4 heteroatoms. The van der Waals surface area contributed by atoms with E-state index in [1.54, 1.807) is 0 Å². The number of fused-ring (bicyclic) bond motifs is 4. The Morgan fingerprint density at radius 2 is 2.00 bits per heavy atom. The maximum absolute atomic E-state index is 9.66. The van der Waals surface area contributed by atoms with Crippen molar-refractivity contribution in [3.05, 3.63) is 29.3 Å². The quantitative estimate of drug-likeness (QED) is 0.811. The Morgan fingerprint density at radius 1 is 1.12 bits per heavy atom. The van der Waals surface area contributed by atoms with Crippen molar-refractivity contribution in [1.29, 1.82) is 0 Å². The molecule has 0 unspecified atom stereocenters. The molecule has 3 saturated heterocycles. The molecule has 2 atom stereocenters. The Balaban J connectivity index is 1.41. The summed E-state index contributed by atoms with van der Waals surface area (Å²) in [6, 6.07) is 7.07. The maximum atomic E-state index is 9.66. The van der Waals surface area contributed by atoms with Gasteiger partial charge in [0.2, 0.25) is 0 Å². The fourth-order valence-corrected chi connectivity index (χ4v) is 5.05. The third-order valence-electron chi connectivity index (χ3n) is 6.62. The molecule has 0 aromatic heterocycles. The van der Waals surface area contributed by atoms with E-state index in [0.29, 0.717) is 6.61 Å². The van der Waals surface area contributed by atoms with Crippen LogP contribution in [0, 0.1) is 11.8 Å². The standard InChI is InChI=1S/C22H34N2O2/c1-2-26-22-9-7-18(10-20(22)16-25)11-23-12-19-6-8-21(15-23)24(14-19)13-17-4-3-5-17/h7,9-10,17,19,21,25H,2-6,8,11-16H2,1H3/t19-,21+/m0/s1. The van der Waals surface area contributed by atoms with Crippen LogP contribution in [0.25, 0.3) is 0 Å². The number of hydrogen-bond donors (Lipinski definition) is 1. The molecule has 144 valence electrons. The maximum Gasteiger partial charge on any atom is 0.124 e. The summed E-state index contributed by atoms with van der Waals surface area (Å²) in [5.74, 6) is 2.62. The molecule has 0 amide bonds. The van der Waals surface area contributed by atoms with E-state index in [9.17, 15) is 5.11 Å². The monoisotopic (exact) mass is 358 g/mol. The summed E-state index contributed by atoms with van der Waals surface area (Å²) >= 11 is 0. The lowest BCUT2D eigenvalue weighted by molar-refractivity contribution is 0.0891. The number of aliphatic hydroxyl groups excluding tert-OH is 1. The molecule has 4 nitrogen and oxygen atoms in total. The smallest absolute Gasteiger partial charge is 0.124 e. The van der Waals surface area contributed by atoms with Crippen molar-refractivity contribution in [2.24, 2.45) is 11.8 Å². The van der Waals surface area contributed by atoms with Gasteiger partial charge in [-0.15, -0.1) is 0 Å². The third-order valence-corrected chi connectivity index (χ3v) is 6.62. The van der Waals surface area contributed by atoms with Gasteiger partial charge in [-0.3, -0.25) is 9.80 Å². The van der Waals surface area contributed by atoms with Crippen molar-refractivity contribution in [1.82, 2.24) is 9.80 Å². The number of nitrogens with zero attached hydrogens (tertiary/aromatic N) is 2. The van der Waals surface area contributed by atoms with Gasteiger partial charge in [-0.2, -0.15) is 0 Å². The van der Waals surface area contributed by atoms with Gasteiger partial charge in [-0.25, -0.2) is 0 Å². The molecule has 26 heavy (non-hydrogen) atoms.